The summed E-state index contributed by atoms with van der Waals surface area (Å²) in [6.45, 7) is 2.00. The van der Waals surface area contributed by atoms with Crippen LogP contribution in [0.25, 0.3) is 11.1 Å². The van der Waals surface area contributed by atoms with Gasteiger partial charge < -0.3 is 9.72 Å². The molecule has 0 aliphatic carbocycles. The maximum Gasteiger partial charge on any atom is 0.248 e. The Labute approximate surface area is 100 Å². The second-order valence-electron chi connectivity index (χ2n) is 3.94. The third-order valence-corrected chi connectivity index (χ3v) is 2.84. The van der Waals surface area contributed by atoms with Crippen molar-refractivity contribution in [3.63, 3.8) is 0 Å². The predicted octanol–water partition coefficient (Wildman–Crippen LogP) is 2.75. The summed E-state index contributed by atoms with van der Waals surface area (Å²) in [7, 11) is 1.69. The molecule has 1 heterocycles. The number of hydrogen-bond donors (Lipinski definition) is 1. The zero-order valence-electron chi connectivity index (χ0n) is 9.94. The number of pyridine rings is 1. The predicted molar refractivity (Wildman–Crippen MR) is 67.9 cm³/mol. The molecule has 1 aromatic carbocycles. The molecule has 3 nitrogen and oxygen atoms in total. The Morgan fingerprint density at radius 3 is 2.41 bits per heavy atom. The van der Waals surface area contributed by atoms with Crippen molar-refractivity contribution in [1.82, 2.24) is 4.98 Å². The van der Waals surface area contributed by atoms with Crippen molar-refractivity contribution in [3.8, 4) is 11.1 Å². The molecule has 0 bridgehead atoms. The fourth-order valence-corrected chi connectivity index (χ4v) is 1.71. The van der Waals surface area contributed by atoms with E-state index in [1.807, 2.05) is 37.3 Å². The van der Waals surface area contributed by atoms with Crippen molar-refractivity contribution < 1.29 is 4.74 Å². The highest BCUT2D eigenvalue weighted by atomic mass is 16.5. The number of rotatable bonds is 3. The van der Waals surface area contributed by atoms with Gasteiger partial charge in [-0.3, -0.25) is 4.79 Å². The van der Waals surface area contributed by atoms with Crippen LogP contribution in [0.15, 0.2) is 47.4 Å². The number of nitrogens with one attached hydrogen (secondary N) is 1. The molecule has 0 aliphatic rings. The van der Waals surface area contributed by atoms with Gasteiger partial charge in [0, 0.05) is 19.4 Å². The van der Waals surface area contributed by atoms with E-state index in [1.165, 1.54) is 0 Å². The summed E-state index contributed by atoms with van der Waals surface area (Å²) >= 11 is 0. The van der Waals surface area contributed by atoms with E-state index >= 15 is 0 Å². The van der Waals surface area contributed by atoms with E-state index in [2.05, 4.69) is 4.98 Å². The quantitative estimate of drug-likeness (QED) is 0.879. The van der Waals surface area contributed by atoms with Crippen molar-refractivity contribution in [3.05, 3.63) is 58.5 Å². The summed E-state index contributed by atoms with van der Waals surface area (Å²) < 4.78 is 5.25. The molecule has 0 saturated heterocycles. The van der Waals surface area contributed by atoms with E-state index in [9.17, 15) is 4.79 Å². The minimum atomic E-state index is -0.0863. The average molecular weight is 229 g/mol. The zero-order valence-corrected chi connectivity index (χ0v) is 9.94. The van der Waals surface area contributed by atoms with Gasteiger partial charge in [-0.25, -0.2) is 0 Å². The first-order valence-corrected chi connectivity index (χ1v) is 5.52. The Kier molecular flexibility index (Phi) is 3.40. The summed E-state index contributed by atoms with van der Waals surface area (Å²) in [6.07, 6.45) is 1.74. The summed E-state index contributed by atoms with van der Waals surface area (Å²) in [5, 5.41) is 0. The summed E-state index contributed by atoms with van der Waals surface area (Å²) in [5.74, 6) is 0. The van der Waals surface area contributed by atoms with E-state index in [-0.39, 0.29) is 11.7 Å². The molecule has 0 saturated carbocycles. The monoisotopic (exact) mass is 229 g/mol. The second-order valence-corrected chi connectivity index (χ2v) is 3.94. The van der Waals surface area contributed by atoms with E-state index in [0.29, 0.717) is 0 Å². The molecule has 17 heavy (non-hydrogen) atoms. The van der Waals surface area contributed by atoms with Crippen LogP contribution in [0.4, 0.5) is 0 Å². The van der Waals surface area contributed by atoms with Crippen LogP contribution in [0.1, 0.15) is 18.6 Å². The van der Waals surface area contributed by atoms with Crippen molar-refractivity contribution in [2.75, 3.05) is 7.11 Å². The number of ether oxygens (including phenoxy) is 1. The molecule has 0 spiro atoms. The first kappa shape index (κ1) is 11.6. The molecular formula is C14H15NO2. The van der Waals surface area contributed by atoms with Crippen LogP contribution in [0.2, 0.25) is 0 Å². The second kappa shape index (κ2) is 4.97. The van der Waals surface area contributed by atoms with Crippen LogP contribution in [0.3, 0.4) is 0 Å². The van der Waals surface area contributed by atoms with Crippen molar-refractivity contribution in [2.45, 2.75) is 13.0 Å². The van der Waals surface area contributed by atoms with E-state index < -0.39 is 0 Å². The van der Waals surface area contributed by atoms with E-state index in [0.717, 1.165) is 16.7 Å². The average Bonchev–Trinajstić information content (AvgIpc) is 2.38. The summed E-state index contributed by atoms with van der Waals surface area (Å²) in [6, 6.07) is 11.5. The minimum absolute atomic E-state index is 0.0863. The molecule has 3 heteroatoms. The molecule has 0 fully saturated rings. The van der Waals surface area contributed by atoms with Gasteiger partial charge in [-0.15, -0.1) is 0 Å². The summed E-state index contributed by atoms with van der Waals surface area (Å²) in [5.41, 5.74) is 2.99. The first-order chi connectivity index (χ1) is 8.20. The number of H-pyrrole nitrogens is 1. The molecule has 1 aromatic heterocycles. The van der Waals surface area contributed by atoms with Gasteiger partial charge in [-0.2, -0.15) is 0 Å². The third-order valence-electron chi connectivity index (χ3n) is 2.84. The fourth-order valence-electron chi connectivity index (χ4n) is 1.71. The number of benzene rings is 1. The van der Waals surface area contributed by atoms with Crippen LogP contribution in [0.5, 0.6) is 0 Å². The molecule has 1 atom stereocenters. The van der Waals surface area contributed by atoms with Gasteiger partial charge in [0.1, 0.15) is 0 Å². The molecule has 2 rings (SSSR count). The van der Waals surface area contributed by atoms with Gasteiger partial charge in [0.15, 0.2) is 0 Å². The third kappa shape index (κ3) is 2.63. The Hall–Kier alpha value is -1.87. The summed E-state index contributed by atoms with van der Waals surface area (Å²) in [4.78, 5) is 13.8. The van der Waals surface area contributed by atoms with Crippen molar-refractivity contribution >= 4 is 0 Å². The molecule has 0 radical (unpaired) electrons. The molecule has 0 amide bonds. The van der Waals surface area contributed by atoms with E-state index in [4.69, 9.17) is 4.74 Å². The lowest BCUT2D eigenvalue weighted by Crippen LogP contribution is -2.02. The lowest BCUT2D eigenvalue weighted by atomic mass is 10.0. The molecule has 2 aromatic rings. The Bertz CT molecular complexity index is 543. The highest BCUT2D eigenvalue weighted by Crippen LogP contribution is 2.21. The fraction of sp³-hybridized carbons (Fsp3) is 0.214. The van der Waals surface area contributed by atoms with Crippen LogP contribution in [-0.2, 0) is 4.74 Å². The van der Waals surface area contributed by atoms with Gasteiger partial charge in [0.2, 0.25) is 5.56 Å². The molecular weight excluding hydrogens is 214 g/mol. The Balaban J connectivity index is 2.32. The van der Waals surface area contributed by atoms with E-state index in [1.54, 1.807) is 19.4 Å². The standard InChI is InChI=1S/C14H15NO2/c1-10(17-2)11-3-5-12(6-4-11)13-7-8-15-14(16)9-13/h3-10H,1-2H3,(H,15,16). The largest absolute Gasteiger partial charge is 0.377 e. The highest BCUT2D eigenvalue weighted by molar-refractivity contribution is 5.62. The normalized spacial score (nSPS) is 12.4. The lowest BCUT2D eigenvalue weighted by Gasteiger charge is -2.10. The Morgan fingerprint density at radius 1 is 1.12 bits per heavy atom. The van der Waals surface area contributed by atoms with Crippen molar-refractivity contribution in [2.24, 2.45) is 0 Å². The maximum atomic E-state index is 11.2. The van der Waals surface area contributed by atoms with Gasteiger partial charge >= 0.3 is 0 Å². The topological polar surface area (TPSA) is 42.1 Å². The van der Waals surface area contributed by atoms with Crippen LogP contribution in [0, 0.1) is 0 Å². The van der Waals surface area contributed by atoms with Gasteiger partial charge in [-0.1, -0.05) is 24.3 Å². The number of methoxy groups -OCH3 is 1. The number of aromatic nitrogens is 1. The van der Waals surface area contributed by atoms with Crippen molar-refractivity contribution in [1.29, 1.82) is 0 Å². The molecule has 1 N–H and O–H groups in total. The van der Waals surface area contributed by atoms with Crippen LogP contribution in [-0.4, -0.2) is 12.1 Å². The minimum Gasteiger partial charge on any atom is -0.377 e. The van der Waals surface area contributed by atoms with Crippen LogP contribution >= 0.6 is 0 Å². The lowest BCUT2D eigenvalue weighted by molar-refractivity contribution is 0.119. The molecule has 0 aliphatic heterocycles. The first-order valence-electron chi connectivity index (χ1n) is 5.52. The molecule has 1 unspecified atom stereocenters. The SMILES string of the molecule is COC(C)c1ccc(-c2cc[nH]c(=O)c2)cc1. The van der Waals surface area contributed by atoms with Gasteiger partial charge in [0.05, 0.1) is 6.10 Å². The number of hydrogen-bond acceptors (Lipinski definition) is 2. The van der Waals surface area contributed by atoms with Crippen LogP contribution < -0.4 is 5.56 Å². The van der Waals surface area contributed by atoms with Gasteiger partial charge in [-0.05, 0) is 29.7 Å². The zero-order chi connectivity index (χ0) is 12.3. The smallest absolute Gasteiger partial charge is 0.248 e. The van der Waals surface area contributed by atoms with Gasteiger partial charge in [0.25, 0.3) is 0 Å². The Morgan fingerprint density at radius 2 is 1.82 bits per heavy atom. The molecule has 88 valence electrons. The number of aromatic amines is 1. The maximum absolute atomic E-state index is 11.2. The highest BCUT2D eigenvalue weighted by Gasteiger charge is 2.04.